The van der Waals surface area contributed by atoms with E-state index in [1.54, 1.807) is 0 Å². The predicted octanol–water partition coefficient (Wildman–Crippen LogP) is 3.56. The van der Waals surface area contributed by atoms with Gasteiger partial charge in [0.25, 0.3) is 0 Å². The van der Waals surface area contributed by atoms with Gasteiger partial charge in [-0.25, -0.2) is 0 Å². The van der Waals surface area contributed by atoms with E-state index >= 15 is 0 Å². The van der Waals surface area contributed by atoms with Gasteiger partial charge < -0.3 is 0 Å². The molecule has 15 heavy (non-hydrogen) atoms. The number of halogens is 1. The van der Waals surface area contributed by atoms with Crippen LogP contribution in [0.3, 0.4) is 0 Å². The lowest BCUT2D eigenvalue weighted by Gasteiger charge is -2.60. The van der Waals surface area contributed by atoms with Gasteiger partial charge in [-0.3, -0.25) is 4.79 Å². The van der Waals surface area contributed by atoms with Crippen LogP contribution in [0.4, 0.5) is 0 Å². The second kappa shape index (κ2) is 3.09. The topological polar surface area (TPSA) is 17.1 Å². The van der Waals surface area contributed by atoms with E-state index in [1.807, 2.05) is 0 Å². The number of hydrogen-bond acceptors (Lipinski definition) is 1. The Hall–Kier alpha value is 0.150. The first kappa shape index (κ1) is 10.3. The Bertz CT molecular complexity index is 296. The van der Waals surface area contributed by atoms with E-state index in [0.717, 1.165) is 11.8 Å². The van der Waals surface area contributed by atoms with E-state index in [0.29, 0.717) is 16.5 Å². The number of carbonyl (C=O) groups is 1. The molecule has 0 N–H and O–H groups in total. The summed E-state index contributed by atoms with van der Waals surface area (Å²) in [6.07, 6.45) is 7.76. The van der Waals surface area contributed by atoms with Crippen molar-refractivity contribution in [1.82, 2.24) is 0 Å². The fraction of sp³-hybridized carbons (Fsp3) is 0.923. The molecule has 0 aromatic carbocycles. The van der Waals surface area contributed by atoms with E-state index in [4.69, 9.17) is 0 Å². The number of ketones is 1. The third-order valence-corrected chi connectivity index (χ3v) is 5.58. The Morgan fingerprint density at radius 2 is 1.87 bits per heavy atom. The maximum atomic E-state index is 12.2. The van der Waals surface area contributed by atoms with Gasteiger partial charge in [-0.2, -0.15) is 0 Å². The molecule has 0 aromatic rings. The normalized spacial score (nSPS) is 52.1. The molecular weight excluding hydrogens is 252 g/mol. The second-order valence-electron chi connectivity index (χ2n) is 6.61. The zero-order valence-corrected chi connectivity index (χ0v) is 11.0. The molecule has 4 fully saturated rings. The van der Waals surface area contributed by atoms with E-state index in [9.17, 15) is 4.79 Å². The van der Waals surface area contributed by atoms with Gasteiger partial charge in [-0.15, -0.1) is 0 Å². The van der Waals surface area contributed by atoms with Gasteiger partial charge >= 0.3 is 0 Å². The number of Topliss-reactive ketones (excluding diaryl/α,β-unsaturated/α-hetero) is 1. The minimum Gasteiger partial charge on any atom is -0.298 e. The van der Waals surface area contributed by atoms with Gasteiger partial charge in [0.05, 0.1) is 5.33 Å². The average Bonchev–Trinajstić information content (AvgIpc) is 2.12. The molecule has 0 aromatic heterocycles. The van der Waals surface area contributed by atoms with Gasteiger partial charge in [0, 0.05) is 5.41 Å². The first-order valence-electron chi connectivity index (χ1n) is 6.15. The largest absolute Gasteiger partial charge is 0.298 e. The molecule has 4 aliphatic carbocycles. The summed E-state index contributed by atoms with van der Waals surface area (Å²) < 4.78 is 0. The van der Waals surface area contributed by atoms with Crippen LogP contribution in [-0.4, -0.2) is 11.1 Å². The zero-order valence-electron chi connectivity index (χ0n) is 9.39. The van der Waals surface area contributed by atoms with Crippen LogP contribution in [0.15, 0.2) is 0 Å². The van der Waals surface area contributed by atoms with Crippen molar-refractivity contribution in [2.75, 3.05) is 5.33 Å². The monoisotopic (exact) mass is 270 g/mol. The summed E-state index contributed by atoms with van der Waals surface area (Å²) >= 11 is 3.37. The fourth-order valence-electron chi connectivity index (χ4n) is 5.19. The molecular formula is C13H19BrO. The third-order valence-electron chi connectivity index (χ3n) is 5.07. The van der Waals surface area contributed by atoms with Crippen molar-refractivity contribution >= 4 is 21.7 Å². The summed E-state index contributed by atoms with van der Waals surface area (Å²) in [6, 6.07) is 0. The smallest absolute Gasteiger partial charge is 0.149 e. The van der Waals surface area contributed by atoms with Crippen LogP contribution in [0.2, 0.25) is 0 Å². The van der Waals surface area contributed by atoms with Crippen molar-refractivity contribution in [2.24, 2.45) is 22.7 Å². The molecule has 4 aliphatic rings. The van der Waals surface area contributed by atoms with E-state index in [1.165, 1.54) is 38.5 Å². The molecule has 0 aliphatic heterocycles. The van der Waals surface area contributed by atoms with Crippen LogP contribution in [-0.2, 0) is 4.79 Å². The van der Waals surface area contributed by atoms with Crippen molar-refractivity contribution in [3.63, 3.8) is 0 Å². The molecule has 4 bridgehead atoms. The summed E-state index contributed by atoms with van der Waals surface area (Å²) in [7, 11) is 0. The van der Waals surface area contributed by atoms with Crippen LogP contribution in [0.1, 0.15) is 45.4 Å². The Morgan fingerprint density at radius 1 is 1.27 bits per heavy atom. The lowest BCUT2D eigenvalue weighted by atomic mass is 9.44. The first-order valence-corrected chi connectivity index (χ1v) is 7.27. The highest BCUT2D eigenvalue weighted by molar-refractivity contribution is 9.09. The van der Waals surface area contributed by atoms with Crippen LogP contribution in [0, 0.1) is 22.7 Å². The van der Waals surface area contributed by atoms with E-state index in [-0.39, 0.29) is 5.41 Å². The maximum absolute atomic E-state index is 12.2. The lowest BCUT2D eigenvalue weighted by Crippen LogP contribution is -2.54. The summed E-state index contributed by atoms with van der Waals surface area (Å²) in [5.41, 5.74) is 0.588. The summed E-state index contributed by atoms with van der Waals surface area (Å²) in [5, 5.41) is 0.572. The van der Waals surface area contributed by atoms with Crippen LogP contribution in [0.25, 0.3) is 0 Å². The molecule has 0 heterocycles. The summed E-state index contributed by atoms with van der Waals surface area (Å²) in [6.45, 7) is 2.42. The number of hydrogen-bond donors (Lipinski definition) is 0. The van der Waals surface area contributed by atoms with Crippen molar-refractivity contribution in [3.05, 3.63) is 0 Å². The van der Waals surface area contributed by atoms with Crippen LogP contribution in [0.5, 0.6) is 0 Å². The number of alkyl halides is 1. The molecule has 2 unspecified atom stereocenters. The molecule has 84 valence electrons. The highest BCUT2D eigenvalue weighted by Gasteiger charge is 2.58. The van der Waals surface area contributed by atoms with Crippen LogP contribution >= 0.6 is 15.9 Å². The third kappa shape index (κ3) is 1.44. The highest BCUT2D eigenvalue weighted by Crippen LogP contribution is 2.65. The average molecular weight is 271 g/mol. The molecule has 4 rings (SSSR count). The van der Waals surface area contributed by atoms with Gasteiger partial charge in [-0.05, 0) is 55.8 Å². The standard InChI is InChI=1S/C13H19BrO/c1-12-3-9-2-10(4-12)6-13(5-9,8-12)11(15)7-14/h9-10H,2-8H2,1H3/t9-,10+,12?,13?. The SMILES string of the molecule is CC12C[C@H]3C[C@@H](C1)CC(C(=O)CBr)(C3)C2. The Balaban J connectivity index is 1.96. The predicted molar refractivity (Wildman–Crippen MR) is 64.0 cm³/mol. The second-order valence-corrected chi connectivity index (χ2v) is 7.17. The molecule has 4 saturated carbocycles. The number of rotatable bonds is 2. The molecule has 0 saturated heterocycles. The molecule has 0 radical (unpaired) electrons. The Morgan fingerprint density at radius 3 is 2.33 bits per heavy atom. The minimum absolute atomic E-state index is 0.0856. The van der Waals surface area contributed by atoms with E-state index < -0.39 is 0 Å². The van der Waals surface area contributed by atoms with Crippen molar-refractivity contribution in [1.29, 1.82) is 0 Å². The molecule has 1 nitrogen and oxygen atoms in total. The van der Waals surface area contributed by atoms with Crippen LogP contribution < -0.4 is 0 Å². The molecule has 0 spiro atoms. The van der Waals surface area contributed by atoms with E-state index in [2.05, 4.69) is 22.9 Å². The Labute approximate surface area is 100 Å². The Kier molecular flexibility index (Phi) is 2.12. The maximum Gasteiger partial charge on any atom is 0.149 e. The van der Waals surface area contributed by atoms with Crippen molar-refractivity contribution < 1.29 is 4.79 Å². The quantitative estimate of drug-likeness (QED) is 0.702. The molecule has 4 atom stereocenters. The number of carbonyl (C=O) groups excluding carboxylic acids is 1. The summed E-state index contributed by atoms with van der Waals surface area (Å²) in [4.78, 5) is 12.2. The molecule has 0 amide bonds. The van der Waals surface area contributed by atoms with Gasteiger partial charge in [0.15, 0.2) is 0 Å². The van der Waals surface area contributed by atoms with Crippen molar-refractivity contribution in [2.45, 2.75) is 45.4 Å². The van der Waals surface area contributed by atoms with Crippen molar-refractivity contribution in [3.8, 4) is 0 Å². The minimum atomic E-state index is 0.0856. The zero-order chi connectivity index (χ0) is 10.7. The first-order chi connectivity index (χ1) is 7.05. The van der Waals surface area contributed by atoms with Gasteiger partial charge in [0.1, 0.15) is 5.78 Å². The van der Waals surface area contributed by atoms with Gasteiger partial charge in [-0.1, -0.05) is 22.9 Å². The summed E-state index contributed by atoms with van der Waals surface area (Å²) in [5.74, 6) is 2.21. The fourth-order valence-corrected chi connectivity index (χ4v) is 5.78. The molecule has 2 heteroatoms. The van der Waals surface area contributed by atoms with Gasteiger partial charge in [0.2, 0.25) is 0 Å². The lowest BCUT2D eigenvalue weighted by molar-refractivity contribution is -0.150. The highest BCUT2D eigenvalue weighted by atomic mass is 79.9.